The minimum Gasteiger partial charge on any atom is -0.369 e. The Morgan fingerprint density at radius 2 is 1.64 bits per heavy atom. The molecule has 0 aliphatic carbocycles. The standard InChI is InChI=1S/C24H31N3O/c1-19-7-5-11-22(20(19)2)26-17-15-25(16-18-26)14-12-24(28)27-13-6-9-21-8-3-4-10-23(21)27/h3-5,7-8,10-11H,6,9,12-18H2,1-2H3. The van der Waals surface area contributed by atoms with Crippen LogP contribution in [-0.4, -0.2) is 50.1 Å². The Hall–Kier alpha value is -2.33. The smallest absolute Gasteiger partial charge is 0.228 e. The molecule has 0 saturated carbocycles. The number of carbonyl (C=O) groups is 1. The number of rotatable bonds is 4. The van der Waals surface area contributed by atoms with Crippen molar-refractivity contribution in [1.29, 1.82) is 0 Å². The molecular formula is C24H31N3O. The lowest BCUT2D eigenvalue weighted by Crippen LogP contribution is -2.47. The minimum atomic E-state index is 0.268. The summed E-state index contributed by atoms with van der Waals surface area (Å²) >= 11 is 0. The van der Waals surface area contributed by atoms with E-state index in [4.69, 9.17) is 0 Å². The first kappa shape index (κ1) is 19.0. The minimum absolute atomic E-state index is 0.268. The van der Waals surface area contributed by atoms with Crippen LogP contribution >= 0.6 is 0 Å². The molecule has 2 aliphatic rings. The van der Waals surface area contributed by atoms with Crippen LogP contribution in [0.3, 0.4) is 0 Å². The molecule has 0 unspecified atom stereocenters. The molecule has 2 heterocycles. The highest BCUT2D eigenvalue weighted by Gasteiger charge is 2.24. The van der Waals surface area contributed by atoms with Crippen LogP contribution in [0, 0.1) is 13.8 Å². The molecule has 2 aromatic carbocycles. The second-order valence-electron chi connectivity index (χ2n) is 8.08. The van der Waals surface area contributed by atoms with Crippen molar-refractivity contribution < 1.29 is 4.79 Å². The molecule has 0 radical (unpaired) electrons. The van der Waals surface area contributed by atoms with E-state index in [0.717, 1.165) is 57.8 Å². The van der Waals surface area contributed by atoms with E-state index in [1.165, 1.54) is 22.4 Å². The van der Waals surface area contributed by atoms with Gasteiger partial charge in [-0.25, -0.2) is 0 Å². The number of para-hydroxylation sites is 1. The first-order valence-corrected chi connectivity index (χ1v) is 10.6. The molecule has 0 spiro atoms. The van der Waals surface area contributed by atoms with Crippen LogP contribution < -0.4 is 9.80 Å². The summed E-state index contributed by atoms with van der Waals surface area (Å²) in [5.41, 5.74) is 6.53. The number of anilines is 2. The van der Waals surface area contributed by atoms with Gasteiger partial charge in [0, 0.05) is 57.1 Å². The molecule has 1 fully saturated rings. The SMILES string of the molecule is Cc1cccc(N2CCN(CCC(=O)N3CCCc4ccccc43)CC2)c1C. The third kappa shape index (κ3) is 3.93. The summed E-state index contributed by atoms with van der Waals surface area (Å²) in [6.45, 7) is 10.2. The summed E-state index contributed by atoms with van der Waals surface area (Å²) in [5, 5.41) is 0. The van der Waals surface area contributed by atoms with Crippen molar-refractivity contribution in [2.24, 2.45) is 0 Å². The number of carbonyl (C=O) groups excluding carboxylic acids is 1. The first-order chi connectivity index (χ1) is 13.6. The van der Waals surface area contributed by atoms with E-state index in [9.17, 15) is 4.79 Å². The summed E-state index contributed by atoms with van der Waals surface area (Å²) in [6, 6.07) is 14.9. The van der Waals surface area contributed by atoms with Gasteiger partial charge in [-0.3, -0.25) is 9.69 Å². The van der Waals surface area contributed by atoms with Gasteiger partial charge < -0.3 is 9.80 Å². The van der Waals surface area contributed by atoms with Crippen molar-refractivity contribution in [2.75, 3.05) is 49.1 Å². The fourth-order valence-electron chi connectivity index (χ4n) is 4.47. The lowest BCUT2D eigenvalue weighted by atomic mass is 10.0. The van der Waals surface area contributed by atoms with E-state index < -0.39 is 0 Å². The van der Waals surface area contributed by atoms with Crippen LogP contribution in [0.25, 0.3) is 0 Å². The van der Waals surface area contributed by atoms with Gasteiger partial charge in [-0.05, 0) is 55.5 Å². The van der Waals surface area contributed by atoms with Crippen molar-refractivity contribution in [3.63, 3.8) is 0 Å². The molecule has 0 bridgehead atoms. The highest BCUT2D eigenvalue weighted by atomic mass is 16.2. The Labute approximate surface area is 168 Å². The van der Waals surface area contributed by atoms with Gasteiger partial charge in [0.05, 0.1) is 0 Å². The average molecular weight is 378 g/mol. The van der Waals surface area contributed by atoms with Gasteiger partial charge in [-0.15, -0.1) is 0 Å². The summed E-state index contributed by atoms with van der Waals surface area (Å²) < 4.78 is 0. The summed E-state index contributed by atoms with van der Waals surface area (Å²) in [5.74, 6) is 0.268. The van der Waals surface area contributed by atoms with Crippen LogP contribution in [0.5, 0.6) is 0 Å². The molecule has 148 valence electrons. The molecule has 0 atom stereocenters. The number of fused-ring (bicyclic) bond motifs is 1. The molecule has 2 aliphatic heterocycles. The zero-order valence-electron chi connectivity index (χ0n) is 17.2. The predicted molar refractivity (Wildman–Crippen MR) is 116 cm³/mol. The van der Waals surface area contributed by atoms with Crippen molar-refractivity contribution in [2.45, 2.75) is 33.1 Å². The quantitative estimate of drug-likeness (QED) is 0.811. The van der Waals surface area contributed by atoms with Crippen molar-refractivity contribution >= 4 is 17.3 Å². The highest BCUT2D eigenvalue weighted by molar-refractivity contribution is 5.94. The number of nitrogens with zero attached hydrogens (tertiary/aromatic N) is 3. The number of amides is 1. The normalized spacial score (nSPS) is 17.5. The van der Waals surface area contributed by atoms with Crippen LogP contribution in [-0.2, 0) is 11.2 Å². The Kier molecular flexibility index (Phi) is 5.67. The Morgan fingerprint density at radius 3 is 2.46 bits per heavy atom. The molecule has 1 amide bonds. The molecule has 28 heavy (non-hydrogen) atoms. The summed E-state index contributed by atoms with van der Waals surface area (Å²) in [7, 11) is 0. The maximum absolute atomic E-state index is 12.9. The van der Waals surface area contributed by atoms with Gasteiger partial charge in [0.15, 0.2) is 0 Å². The molecule has 4 heteroatoms. The molecule has 4 rings (SSSR count). The van der Waals surface area contributed by atoms with Crippen LogP contribution in [0.15, 0.2) is 42.5 Å². The fourth-order valence-corrected chi connectivity index (χ4v) is 4.47. The largest absolute Gasteiger partial charge is 0.369 e. The van der Waals surface area contributed by atoms with E-state index in [2.05, 4.69) is 60.0 Å². The molecule has 0 aromatic heterocycles. The lowest BCUT2D eigenvalue weighted by molar-refractivity contribution is -0.119. The predicted octanol–water partition coefficient (Wildman–Crippen LogP) is 3.79. The van der Waals surface area contributed by atoms with Gasteiger partial charge in [-0.2, -0.15) is 0 Å². The molecule has 1 saturated heterocycles. The van der Waals surface area contributed by atoms with Crippen LogP contribution in [0.1, 0.15) is 29.5 Å². The molecular weight excluding hydrogens is 346 g/mol. The van der Waals surface area contributed by atoms with Gasteiger partial charge in [0.25, 0.3) is 0 Å². The summed E-state index contributed by atoms with van der Waals surface area (Å²) in [6.07, 6.45) is 2.76. The maximum atomic E-state index is 12.9. The fraction of sp³-hybridized carbons (Fsp3) is 0.458. The Bertz CT molecular complexity index is 839. The highest BCUT2D eigenvalue weighted by Crippen LogP contribution is 2.27. The third-order valence-corrected chi connectivity index (χ3v) is 6.34. The topological polar surface area (TPSA) is 26.8 Å². The van der Waals surface area contributed by atoms with E-state index in [0.29, 0.717) is 6.42 Å². The van der Waals surface area contributed by atoms with Gasteiger partial charge >= 0.3 is 0 Å². The third-order valence-electron chi connectivity index (χ3n) is 6.34. The lowest BCUT2D eigenvalue weighted by Gasteiger charge is -2.37. The second-order valence-corrected chi connectivity index (χ2v) is 8.08. The molecule has 0 N–H and O–H groups in total. The van der Waals surface area contributed by atoms with E-state index in [1.54, 1.807) is 0 Å². The Balaban J connectivity index is 1.30. The summed E-state index contributed by atoms with van der Waals surface area (Å²) in [4.78, 5) is 19.8. The Morgan fingerprint density at radius 1 is 0.893 bits per heavy atom. The van der Waals surface area contributed by atoms with E-state index in [1.807, 2.05) is 11.0 Å². The first-order valence-electron chi connectivity index (χ1n) is 10.6. The second kappa shape index (κ2) is 8.36. The number of aryl methyl sites for hydroxylation is 2. The molecule has 4 nitrogen and oxygen atoms in total. The van der Waals surface area contributed by atoms with Gasteiger partial charge in [0.2, 0.25) is 5.91 Å². The van der Waals surface area contributed by atoms with E-state index in [-0.39, 0.29) is 5.91 Å². The average Bonchev–Trinajstić information content (AvgIpc) is 2.74. The molecule has 2 aromatic rings. The van der Waals surface area contributed by atoms with Crippen molar-refractivity contribution in [1.82, 2.24) is 4.90 Å². The van der Waals surface area contributed by atoms with Crippen LogP contribution in [0.2, 0.25) is 0 Å². The maximum Gasteiger partial charge on any atom is 0.228 e. The number of hydrogen-bond acceptors (Lipinski definition) is 3. The zero-order chi connectivity index (χ0) is 19.5. The van der Waals surface area contributed by atoms with Crippen LogP contribution in [0.4, 0.5) is 11.4 Å². The van der Waals surface area contributed by atoms with Crippen molar-refractivity contribution in [3.05, 3.63) is 59.2 Å². The van der Waals surface area contributed by atoms with Crippen molar-refractivity contribution in [3.8, 4) is 0 Å². The zero-order valence-corrected chi connectivity index (χ0v) is 17.2. The monoisotopic (exact) mass is 377 g/mol. The number of benzene rings is 2. The number of hydrogen-bond donors (Lipinski definition) is 0. The van der Waals surface area contributed by atoms with E-state index >= 15 is 0 Å². The number of piperazine rings is 1. The van der Waals surface area contributed by atoms with Gasteiger partial charge in [0.1, 0.15) is 0 Å². The van der Waals surface area contributed by atoms with Gasteiger partial charge in [-0.1, -0.05) is 30.3 Å².